The van der Waals surface area contributed by atoms with Crippen molar-refractivity contribution in [3.8, 4) is 0 Å². The first kappa shape index (κ1) is 10.7. The van der Waals surface area contributed by atoms with Gasteiger partial charge in [-0.15, -0.1) is 10.2 Å². The quantitative estimate of drug-likeness (QED) is 0.365. The molecular weight excluding hydrogens is 218 g/mol. The molecule has 1 aromatic heterocycles. The summed E-state index contributed by atoms with van der Waals surface area (Å²) in [4.78, 5) is 1.93. The average molecular weight is 231 g/mol. The lowest BCUT2D eigenvalue weighted by Crippen LogP contribution is -2.22. The number of rotatable bonds is 3. The molecule has 5 N–H and O–H groups in total. The fourth-order valence-corrected chi connectivity index (χ4v) is 2.24. The molecule has 2 rings (SSSR count). The number of nitrogens with one attached hydrogen (secondary N) is 1. The second-order valence-electron chi connectivity index (χ2n) is 3.47. The lowest BCUT2D eigenvalue weighted by Gasteiger charge is -2.11. The molecule has 0 saturated carbocycles. The Morgan fingerprint density at radius 2 is 2.07 bits per heavy atom. The second kappa shape index (κ2) is 4.37. The Labute approximate surface area is 90.5 Å². The number of hydrogen-bond donors (Lipinski definition) is 4. The van der Waals surface area contributed by atoms with Gasteiger partial charge in [-0.05, 0) is 0 Å². The Hall–Kier alpha value is -0.800. The highest BCUT2D eigenvalue weighted by molar-refractivity contribution is 7.15. The van der Waals surface area contributed by atoms with Gasteiger partial charge in [-0.25, -0.2) is 5.84 Å². The number of nitrogen functional groups attached to an aromatic ring is 1. The molecule has 2 heterocycles. The van der Waals surface area contributed by atoms with Crippen molar-refractivity contribution in [1.82, 2.24) is 15.1 Å². The number of hydrogen-bond acceptors (Lipinski definition) is 8. The van der Waals surface area contributed by atoms with Crippen LogP contribution < -0.4 is 11.3 Å². The van der Waals surface area contributed by atoms with Gasteiger partial charge in [0.25, 0.3) is 0 Å². The van der Waals surface area contributed by atoms with Crippen molar-refractivity contribution in [2.24, 2.45) is 5.84 Å². The molecule has 0 aliphatic carbocycles. The summed E-state index contributed by atoms with van der Waals surface area (Å²) < 4.78 is 0. The van der Waals surface area contributed by atoms with Gasteiger partial charge >= 0.3 is 0 Å². The number of nitrogens with two attached hydrogens (primary N) is 1. The first-order chi connectivity index (χ1) is 7.19. The van der Waals surface area contributed by atoms with E-state index in [0.29, 0.717) is 24.8 Å². The molecular formula is C7H13N5O2S. The van der Waals surface area contributed by atoms with E-state index >= 15 is 0 Å². The largest absolute Gasteiger partial charge is 0.389 e. The van der Waals surface area contributed by atoms with Crippen LogP contribution in [-0.4, -0.2) is 50.6 Å². The Morgan fingerprint density at radius 1 is 1.40 bits per heavy atom. The molecule has 0 aromatic carbocycles. The normalized spacial score (nSPS) is 27.1. The monoisotopic (exact) mass is 231 g/mol. The van der Waals surface area contributed by atoms with E-state index in [1.54, 1.807) is 0 Å². The highest BCUT2D eigenvalue weighted by atomic mass is 32.1. The van der Waals surface area contributed by atoms with Crippen LogP contribution in [0.3, 0.4) is 0 Å². The predicted octanol–water partition coefficient (Wildman–Crippen LogP) is -1.64. The van der Waals surface area contributed by atoms with Crippen LogP contribution in [0.1, 0.15) is 5.01 Å². The summed E-state index contributed by atoms with van der Waals surface area (Å²) in [6.45, 7) is 1.51. The van der Waals surface area contributed by atoms with Gasteiger partial charge in [0.05, 0.1) is 18.8 Å². The number of β-amino-alcohol motifs (C(OH)–C–C–N with tert-alkyl or cyclic N) is 2. The molecule has 0 spiro atoms. The third-order valence-electron chi connectivity index (χ3n) is 2.28. The van der Waals surface area contributed by atoms with Crippen LogP contribution in [0.5, 0.6) is 0 Å². The summed E-state index contributed by atoms with van der Waals surface area (Å²) in [5.74, 6) is 5.18. The molecule has 7 nitrogen and oxygen atoms in total. The number of hydrazine groups is 1. The lowest BCUT2D eigenvalue weighted by atomic mass is 10.3. The zero-order valence-electron chi connectivity index (χ0n) is 8.00. The van der Waals surface area contributed by atoms with Gasteiger partial charge < -0.3 is 10.2 Å². The molecule has 8 heteroatoms. The molecule has 0 bridgehead atoms. The van der Waals surface area contributed by atoms with Crippen LogP contribution in [-0.2, 0) is 6.54 Å². The van der Waals surface area contributed by atoms with Crippen molar-refractivity contribution < 1.29 is 10.2 Å². The molecule has 1 fully saturated rings. The number of nitrogens with zero attached hydrogens (tertiary/aromatic N) is 3. The number of aliphatic hydroxyl groups excluding tert-OH is 2. The van der Waals surface area contributed by atoms with Crippen molar-refractivity contribution in [2.45, 2.75) is 18.8 Å². The van der Waals surface area contributed by atoms with E-state index < -0.39 is 12.2 Å². The van der Waals surface area contributed by atoms with Gasteiger partial charge in [0, 0.05) is 13.1 Å². The first-order valence-electron chi connectivity index (χ1n) is 4.56. The van der Waals surface area contributed by atoms with Crippen molar-refractivity contribution in [2.75, 3.05) is 18.5 Å². The topological polar surface area (TPSA) is 108 Å². The van der Waals surface area contributed by atoms with Crippen molar-refractivity contribution >= 4 is 16.5 Å². The smallest absolute Gasteiger partial charge is 0.219 e. The van der Waals surface area contributed by atoms with E-state index in [1.807, 2.05) is 4.90 Å². The first-order valence-corrected chi connectivity index (χ1v) is 5.38. The van der Waals surface area contributed by atoms with E-state index in [9.17, 15) is 10.2 Å². The summed E-state index contributed by atoms with van der Waals surface area (Å²) in [6, 6.07) is 0. The van der Waals surface area contributed by atoms with Gasteiger partial charge in [-0.3, -0.25) is 10.3 Å². The highest BCUT2D eigenvalue weighted by Gasteiger charge is 2.29. The zero-order chi connectivity index (χ0) is 10.8. The number of aliphatic hydroxyl groups is 2. The molecule has 0 amide bonds. The van der Waals surface area contributed by atoms with E-state index in [2.05, 4.69) is 15.6 Å². The third kappa shape index (κ3) is 2.41. The van der Waals surface area contributed by atoms with Gasteiger partial charge in [-0.2, -0.15) is 0 Å². The molecule has 15 heavy (non-hydrogen) atoms. The minimum atomic E-state index is -0.662. The lowest BCUT2D eigenvalue weighted by molar-refractivity contribution is 0.0572. The predicted molar refractivity (Wildman–Crippen MR) is 55.0 cm³/mol. The van der Waals surface area contributed by atoms with Crippen LogP contribution in [0.4, 0.5) is 5.13 Å². The van der Waals surface area contributed by atoms with Crippen LogP contribution in [0, 0.1) is 0 Å². The van der Waals surface area contributed by atoms with Crippen molar-refractivity contribution in [1.29, 1.82) is 0 Å². The average Bonchev–Trinajstić information content (AvgIpc) is 2.76. The molecule has 84 valence electrons. The van der Waals surface area contributed by atoms with Gasteiger partial charge in [0.1, 0.15) is 5.01 Å². The SMILES string of the molecule is NNc1nnc(CN2CC(O)C(O)C2)s1. The van der Waals surface area contributed by atoms with E-state index in [0.717, 1.165) is 5.01 Å². The number of aromatic nitrogens is 2. The zero-order valence-corrected chi connectivity index (χ0v) is 8.81. The number of likely N-dealkylation sites (tertiary alicyclic amines) is 1. The van der Waals surface area contributed by atoms with Crippen molar-refractivity contribution in [3.05, 3.63) is 5.01 Å². The summed E-state index contributed by atoms with van der Waals surface area (Å²) in [5.41, 5.74) is 2.42. The van der Waals surface area contributed by atoms with Crippen LogP contribution >= 0.6 is 11.3 Å². The van der Waals surface area contributed by atoms with Gasteiger partial charge in [0.15, 0.2) is 0 Å². The van der Waals surface area contributed by atoms with Crippen LogP contribution in [0.15, 0.2) is 0 Å². The molecule has 2 atom stereocenters. The summed E-state index contributed by atoms with van der Waals surface area (Å²) in [5, 5.41) is 27.8. The van der Waals surface area contributed by atoms with E-state index in [1.165, 1.54) is 11.3 Å². The summed E-state index contributed by atoms with van der Waals surface area (Å²) in [6.07, 6.45) is -1.32. The maximum absolute atomic E-state index is 9.34. The fraction of sp³-hybridized carbons (Fsp3) is 0.714. The maximum Gasteiger partial charge on any atom is 0.219 e. The minimum absolute atomic E-state index is 0.464. The van der Waals surface area contributed by atoms with Gasteiger partial charge in [0.2, 0.25) is 5.13 Å². The Morgan fingerprint density at radius 3 is 2.60 bits per heavy atom. The summed E-state index contributed by atoms with van der Waals surface area (Å²) >= 11 is 1.36. The number of anilines is 1. The Bertz CT molecular complexity index is 323. The molecule has 2 unspecified atom stereocenters. The van der Waals surface area contributed by atoms with Crippen LogP contribution in [0.25, 0.3) is 0 Å². The highest BCUT2D eigenvalue weighted by Crippen LogP contribution is 2.18. The Kier molecular flexibility index (Phi) is 3.12. The van der Waals surface area contributed by atoms with Crippen molar-refractivity contribution in [3.63, 3.8) is 0 Å². The molecule has 1 saturated heterocycles. The summed E-state index contributed by atoms with van der Waals surface area (Å²) in [7, 11) is 0. The molecule has 0 radical (unpaired) electrons. The standard InChI is InChI=1S/C7H13N5O2S/c8-9-7-11-10-6(15-7)3-12-1-4(13)5(14)2-12/h4-5,13-14H,1-3,8H2,(H,9,11). The minimum Gasteiger partial charge on any atom is -0.389 e. The Balaban J connectivity index is 1.92. The van der Waals surface area contributed by atoms with Crippen LogP contribution in [0.2, 0.25) is 0 Å². The molecule has 1 aliphatic rings. The molecule has 1 aliphatic heterocycles. The third-order valence-corrected chi connectivity index (χ3v) is 3.12. The second-order valence-corrected chi connectivity index (χ2v) is 4.54. The van der Waals surface area contributed by atoms with E-state index in [4.69, 9.17) is 5.84 Å². The maximum atomic E-state index is 9.34. The van der Waals surface area contributed by atoms with Gasteiger partial charge in [-0.1, -0.05) is 11.3 Å². The van der Waals surface area contributed by atoms with E-state index in [-0.39, 0.29) is 0 Å². The fourth-order valence-electron chi connectivity index (χ4n) is 1.54. The molecule has 1 aromatic rings.